The van der Waals surface area contributed by atoms with E-state index in [2.05, 4.69) is 27.7 Å². The van der Waals surface area contributed by atoms with Crippen LogP contribution in [0, 0.1) is 0 Å². The van der Waals surface area contributed by atoms with E-state index in [4.69, 9.17) is 0 Å². The molecule has 0 aromatic rings. The van der Waals surface area contributed by atoms with Gasteiger partial charge in [0.2, 0.25) is 0 Å². The zero-order valence-corrected chi connectivity index (χ0v) is 23.2. The molecule has 0 rings (SSSR count). The topological polar surface area (TPSA) is 0 Å². The van der Waals surface area contributed by atoms with Gasteiger partial charge in [0.1, 0.15) is 0 Å². The molecule has 0 aliphatic heterocycles. The van der Waals surface area contributed by atoms with E-state index in [0.717, 1.165) is 0 Å². The average Bonchev–Trinajstić information content (AvgIpc) is 2.75. The molecule has 0 aromatic heterocycles. The van der Waals surface area contributed by atoms with E-state index in [9.17, 15) is 0 Å². The number of rotatable bonds is 25. The summed E-state index contributed by atoms with van der Waals surface area (Å²) in [5.74, 6) is 0. The van der Waals surface area contributed by atoms with Crippen molar-refractivity contribution in [3.8, 4) is 0 Å². The van der Waals surface area contributed by atoms with Crippen LogP contribution in [0.5, 0.6) is 0 Å². The van der Waals surface area contributed by atoms with Gasteiger partial charge in [-0.2, -0.15) is 0 Å². The van der Waals surface area contributed by atoms with Crippen LogP contribution in [0.2, 0.25) is 0 Å². The third kappa shape index (κ3) is 19.1. The average molecular weight is 443 g/mol. The van der Waals surface area contributed by atoms with Gasteiger partial charge in [0.15, 0.2) is 0 Å². The minimum absolute atomic E-state index is 1.04. The monoisotopic (exact) mass is 442 g/mol. The quantitative estimate of drug-likeness (QED) is 0.0973. The molecule has 30 heavy (non-hydrogen) atoms. The van der Waals surface area contributed by atoms with Crippen LogP contribution in [-0.4, -0.2) is 24.6 Å². The molecule has 0 aromatic carbocycles. The van der Waals surface area contributed by atoms with Gasteiger partial charge in [-0.3, -0.25) is 0 Å². The molecule has 1 heteroatoms. The predicted molar refractivity (Wildman–Crippen MR) is 147 cm³/mol. The fraction of sp³-hybridized carbons (Fsp3) is 1.00. The molecular weight excluding hydrogens is 379 g/mol. The van der Waals surface area contributed by atoms with Crippen LogP contribution in [0.3, 0.4) is 0 Å². The van der Waals surface area contributed by atoms with E-state index in [1.54, 1.807) is 50.3 Å². The van der Waals surface area contributed by atoms with E-state index in [0.29, 0.717) is 0 Å². The van der Waals surface area contributed by atoms with Crippen molar-refractivity contribution in [2.24, 2.45) is 0 Å². The van der Waals surface area contributed by atoms with Crippen molar-refractivity contribution in [1.29, 1.82) is 0 Å². The fourth-order valence-electron chi connectivity index (χ4n) is 5.34. The maximum atomic E-state index is 2.39. The van der Waals surface area contributed by atoms with Crippen LogP contribution in [0.1, 0.15) is 163 Å². The number of hydrogen-bond acceptors (Lipinski definition) is 0. The van der Waals surface area contributed by atoms with Gasteiger partial charge in [0, 0.05) is 0 Å². The molecule has 0 radical (unpaired) electrons. The SMILES string of the molecule is CCCCCCCC[PH](CCCCC)(CCCCCCCC)CCCCCCCC. The molecule has 0 aliphatic carbocycles. The van der Waals surface area contributed by atoms with Crippen molar-refractivity contribution in [1.82, 2.24) is 0 Å². The fourth-order valence-corrected chi connectivity index (χ4v) is 10.8. The Morgan fingerprint density at radius 3 is 0.767 bits per heavy atom. The Hall–Kier alpha value is 0.430. The van der Waals surface area contributed by atoms with Crippen LogP contribution in [0.4, 0.5) is 0 Å². The first-order chi connectivity index (χ1) is 14.7. The predicted octanol–water partition coefficient (Wildman–Crippen LogP) is 11.0. The van der Waals surface area contributed by atoms with Crippen molar-refractivity contribution >= 4 is 7.26 Å². The molecule has 184 valence electrons. The van der Waals surface area contributed by atoms with Gasteiger partial charge in [-0.05, 0) is 0 Å². The van der Waals surface area contributed by atoms with Crippen LogP contribution in [0.25, 0.3) is 0 Å². The summed E-state index contributed by atoms with van der Waals surface area (Å²) in [6, 6.07) is 0. The second-order valence-electron chi connectivity index (χ2n) is 10.5. The first-order valence-corrected chi connectivity index (χ1v) is 17.6. The summed E-state index contributed by atoms with van der Waals surface area (Å²) < 4.78 is 0. The summed E-state index contributed by atoms with van der Waals surface area (Å²) >= 11 is 0. The normalized spacial score (nSPS) is 12.5. The summed E-state index contributed by atoms with van der Waals surface area (Å²) in [6.07, 6.45) is 37.8. The summed E-state index contributed by atoms with van der Waals surface area (Å²) in [4.78, 5) is 0. The third-order valence-electron chi connectivity index (χ3n) is 7.49. The van der Waals surface area contributed by atoms with Crippen LogP contribution < -0.4 is 0 Å². The maximum absolute atomic E-state index is 2.39. The van der Waals surface area contributed by atoms with Crippen molar-refractivity contribution in [3.05, 3.63) is 0 Å². The Balaban J connectivity index is 4.61. The zero-order chi connectivity index (χ0) is 22.2. The summed E-state index contributed by atoms with van der Waals surface area (Å²) in [5, 5.41) is 0. The molecule has 0 saturated heterocycles. The van der Waals surface area contributed by atoms with Gasteiger partial charge in [-0.25, -0.2) is 0 Å². The van der Waals surface area contributed by atoms with Gasteiger partial charge < -0.3 is 0 Å². The van der Waals surface area contributed by atoms with Crippen molar-refractivity contribution in [3.63, 3.8) is 0 Å². The van der Waals surface area contributed by atoms with Crippen LogP contribution in [-0.2, 0) is 0 Å². The van der Waals surface area contributed by atoms with Gasteiger partial charge in [-0.15, -0.1) is 0 Å². The van der Waals surface area contributed by atoms with E-state index in [1.165, 1.54) is 109 Å². The number of hydrogen-bond donors (Lipinski definition) is 0. The Labute approximate surface area is 194 Å². The van der Waals surface area contributed by atoms with Crippen LogP contribution >= 0.6 is 7.26 Å². The van der Waals surface area contributed by atoms with E-state index in [1.807, 2.05) is 0 Å². The van der Waals surface area contributed by atoms with Gasteiger partial charge in [0.05, 0.1) is 0 Å². The Kier molecular flexibility index (Phi) is 24.4. The molecule has 0 aliphatic rings. The van der Waals surface area contributed by atoms with Crippen molar-refractivity contribution < 1.29 is 0 Å². The summed E-state index contributed by atoms with van der Waals surface area (Å²) in [7, 11) is -1.04. The first kappa shape index (κ1) is 30.4. The molecular formula is C29H63P. The molecule has 0 amide bonds. The molecule has 0 nitrogen and oxygen atoms in total. The second kappa shape index (κ2) is 24.1. The minimum atomic E-state index is -1.04. The molecule has 0 atom stereocenters. The Morgan fingerprint density at radius 1 is 0.267 bits per heavy atom. The molecule has 0 unspecified atom stereocenters. The summed E-state index contributed by atoms with van der Waals surface area (Å²) in [5.41, 5.74) is 0. The van der Waals surface area contributed by atoms with E-state index >= 15 is 0 Å². The Morgan fingerprint density at radius 2 is 0.467 bits per heavy atom. The van der Waals surface area contributed by atoms with Gasteiger partial charge >= 0.3 is 194 Å². The van der Waals surface area contributed by atoms with Crippen molar-refractivity contribution in [2.45, 2.75) is 163 Å². The molecule has 0 N–H and O–H groups in total. The molecule has 0 heterocycles. The standard InChI is InChI=1S/C29H63P/c1-5-9-13-16-19-23-27-30(26-22-12-8-4,28-24-20-17-14-10-6-2)29-25-21-18-15-11-7-3/h30H,5-29H2,1-4H3. The second-order valence-corrected chi connectivity index (χ2v) is 15.5. The van der Waals surface area contributed by atoms with E-state index in [-0.39, 0.29) is 0 Å². The number of unbranched alkanes of at least 4 members (excludes halogenated alkanes) is 17. The molecule has 0 fully saturated rings. The third-order valence-corrected chi connectivity index (χ3v) is 13.1. The van der Waals surface area contributed by atoms with Gasteiger partial charge in [-0.1, -0.05) is 0 Å². The van der Waals surface area contributed by atoms with Gasteiger partial charge in [0.25, 0.3) is 0 Å². The summed E-state index contributed by atoms with van der Waals surface area (Å²) in [6.45, 7) is 9.41. The van der Waals surface area contributed by atoms with Crippen LogP contribution in [0.15, 0.2) is 0 Å². The molecule has 0 bridgehead atoms. The zero-order valence-electron chi connectivity index (χ0n) is 22.2. The molecule has 0 saturated carbocycles. The Bertz CT molecular complexity index is 271. The molecule has 0 spiro atoms. The first-order valence-electron chi connectivity index (χ1n) is 14.7. The van der Waals surface area contributed by atoms with Crippen molar-refractivity contribution in [2.75, 3.05) is 24.6 Å². The van der Waals surface area contributed by atoms with E-state index < -0.39 is 7.26 Å².